The molecule has 0 saturated carbocycles. The minimum absolute atomic E-state index is 0.0194. The van der Waals surface area contributed by atoms with Crippen LogP contribution < -0.4 is 18.9 Å². The molecule has 0 bridgehead atoms. The number of carbonyl (C=O) groups is 1. The first-order valence-electron chi connectivity index (χ1n) is 11.0. The van der Waals surface area contributed by atoms with Gasteiger partial charge in [-0.15, -0.1) is 0 Å². The Morgan fingerprint density at radius 1 is 1.16 bits per heavy atom. The van der Waals surface area contributed by atoms with Crippen molar-refractivity contribution >= 4 is 27.9 Å². The Morgan fingerprint density at radius 3 is 2.50 bits per heavy atom. The van der Waals surface area contributed by atoms with E-state index >= 15 is 0 Å². The number of pyridine rings is 1. The predicted molar refractivity (Wildman–Crippen MR) is 129 cm³/mol. The van der Waals surface area contributed by atoms with E-state index in [-0.39, 0.29) is 37.0 Å². The fraction of sp³-hybridized carbons (Fsp3) is 0.455. The lowest BCUT2D eigenvalue weighted by Gasteiger charge is -2.17. The predicted octanol–water partition coefficient (Wildman–Crippen LogP) is 4.06. The van der Waals surface area contributed by atoms with Crippen molar-refractivity contribution in [3.05, 3.63) is 46.6 Å². The van der Waals surface area contributed by atoms with E-state index in [0.717, 1.165) is 0 Å². The molecule has 1 atom stereocenters. The first-order chi connectivity index (χ1) is 17.9. The molecule has 2 N–H and O–H groups in total. The Balaban J connectivity index is 2.20. The highest BCUT2D eigenvalue weighted by atomic mass is 35.5. The van der Waals surface area contributed by atoms with Gasteiger partial charge in [-0.2, -0.15) is 26.3 Å². The molecule has 0 saturated heterocycles. The van der Waals surface area contributed by atoms with Crippen LogP contribution in [0, 0.1) is 0 Å². The van der Waals surface area contributed by atoms with Crippen LogP contribution >= 0.6 is 11.6 Å². The van der Waals surface area contributed by atoms with Crippen molar-refractivity contribution < 1.29 is 50.1 Å². The third-order valence-electron chi connectivity index (χ3n) is 4.70. The van der Waals surface area contributed by atoms with Gasteiger partial charge in [0.15, 0.2) is 0 Å². The summed E-state index contributed by atoms with van der Waals surface area (Å²) in [7, 11) is -1.37. The third kappa shape index (κ3) is 10.1. The van der Waals surface area contributed by atoms with Crippen LogP contribution in [-0.4, -0.2) is 59.6 Å². The summed E-state index contributed by atoms with van der Waals surface area (Å²) in [4.78, 5) is 15.8. The smallest absolute Gasteiger partial charge is 0.422 e. The van der Waals surface area contributed by atoms with Gasteiger partial charge in [-0.25, -0.2) is 14.5 Å². The average Bonchev–Trinajstić information content (AvgIpc) is 2.83. The van der Waals surface area contributed by atoms with Crippen molar-refractivity contribution in [2.45, 2.75) is 32.2 Å². The Morgan fingerprint density at radius 2 is 1.89 bits per heavy atom. The number of halogens is 4. The summed E-state index contributed by atoms with van der Waals surface area (Å²) < 4.78 is 93.1. The van der Waals surface area contributed by atoms with Crippen LogP contribution in [0.15, 0.2) is 30.5 Å². The van der Waals surface area contributed by atoms with Gasteiger partial charge in [-0.05, 0) is 24.6 Å². The summed E-state index contributed by atoms with van der Waals surface area (Å²) in [5.41, 5.74) is -0.870. The molecule has 0 fully saturated rings. The fourth-order valence-electron chi connectivity index (χ4n) is 2.81. The lowest BCUT2D eigenvalue weighted by atomic mass is 10.2. The Kier molecular flexibility index (Phi) is 11.8. The maximum atomic E-state index is 12.9. The second-order valence-corrected chi connectivity index (χ2v) is 9.44. The van der Waals surface area contributed by atoms with Gasteiger partial charge in [-0.1, -0.05) is 18.5 Å². The summed E-state index contributed by atoms with van der Waals surface area (Å²) in [6, 6.07) is 4.41. The van der Waals surface area contributed by atoms with Crippen molar-refractivity contribution in [2.75, 3.05) is 34.0 Å². The van der Waals surface area contributed by atoms with E-state index in [9.17, 15) is 26.4 Å². The Labute approximate surface area is 222 Å². The SMILES string of the molecule is CCC(COC)NS(=O)(=O)NC(=O)OCc1ccc(OCCOC)cc1Oc1ncc(C(F)(F)F)cc1Cl. The second-order valence-electron chi connectivity index (χ2n) is 7.58. The number of amides is 1. The number of aromatic nitrogens is 1. The number of alkyl halides is 3. The number of nitrogens with one attached hydrogen (secondary N) is 2. The maximum Gasteiger partial charge on any atom is 0.422 e. The lowest BCUT2D eigenvalue weighted by Crippen LogP contribution is -2.46. The summed E-state index contributed by atoms with van der Waals surface area (Å²) in [6.45, 7) is 1.79. The molecular formula is C22H27ClF3N3O8S. The van der Waals surface area contributed by atoms with E-state index in [2.05, 4.69) is 9.71 Å². The van der Waals surface area contributed by atoms with Crippen molar-refractivity contribution in [2.24, 2.45) is 0 Å². The molecule has 16 heteroatoms. The number of hydrogen-bond donors (Lipinski definition) is 2. The Hall–Kier alpha value is -2.85. The fourth-order valence-corrected chi connectivity index (χ4v) is 4.02. The van der Waals surface area contributed by atoms with Crippen LogP contribution in [0.3, 0.4) is 0 Å². The molecule has 1 unspecified atom stereocenters. The van der Waals surface area contributed by atoms with Crippen LogP contribution in [-0.2, 0) is 37.2 Å². The van der Waals surface area contributed by atoms with Crippen molar-refractivity contribution in [1.82, 2.24) is 14.4 Å². The standard InChI is InChI=1S/C22H27ClF3N3O8S/c1-4-16(13-34-3)28-38(31,32)29-21(30)36-12-14-5-6-17(35-8-7-33-2)10-19(14)37-20-18(23)9-15(11-27-20)22(24,25)26/h5-6,9-11,16,28H,4,7-8,12-13H2,1-3H3,(H,29,30). The minimum Gasteiger partial charge on any atom is -0.491 e. The second kappa shape index (κ2) is 14.3. The molecule has 1 amide bonds. The van der Waals surface area contributed by atoms with E-state index in [1.807, 2.05) is 0 Å². The van der Waals surface area contributed by atoms with E-state index in [1.165, 1.54) is 32.4 Å². The van der Waals surface area contributed by atoms with Crippen LogP contribution in [0.1, 0.15) is 24.5 Å². The first kappa shape index (κ1) is 31.4. The molecule has 212 valence electrons. The molecule has 2 rings (SSSR count). The molecule has 0 radical (unpaired) electrons. The number of ether oxygens (including phenoxy) is 5. The molecule has 0 aliphatic carbocycles. The van der Waals surface area contributed by atoms with Gasteiger partial charge in [0.25, 0.3) is 0 Å². The van der Waals surface area contributed by atoms with Crippen LogP contribution in [0.4, 0.5) is 18.0 Å². The lowest BCUT2D eigenvalue weighted by molar-refractivity contribution is -0.137. The summed E-state index contributed by atoms with van der Waals surface area (Å²) in [5, 5.41) is -0.422. The van der Waals surface area contributed by atoms with E-state index < -0.39 is 45.7 Å². The van der Waals surface area contributed by atoms with Gasteiger partial charge >= 0.3 is 22.5 Å². The van der Waals surface area contributed by atoms with Crippen molar-refractivity contribution in [3.8, 4) is 17.4 Å². The minimum atomic E-state index is -4.66. The van der Waals surface area contributed by atoms with Gasteiger partial charge in [-0.3, -0.25) is 0 Å². The number of methoxy groups -OCH3 is 2. The normalized spacial score (nSPS) is 12.6. The molecule has 1 aromatic heterocycles. The molecule has 0 aliphatic heterocycles. The van der Waals surface area contributed by atoms with Gasteiger partial charge in [0.2, 0.25) is 5.88 Å². The zero-order valence-electron chi connectivity index (χ0n) is 20.6. The van der Waals surface area contributed by atoms with Crippen LogP contribution in [0.25, 0.3) is 0 Å². The molecule has 0 aliphatic rings. The van der Waals surface area contributed by atoms with Crippen molar-refractivity contribution in [1.29, 1.82) is 0 Å². The van der Waals surface area contributed by atoms with E-state index in [1.54, 1.807) is 11.6 Å². The molecule has 0 spiro atoms. The van der Waals surface area contributed by atoms with Crippen LogP contribution in [0.5, 0.6) is 17.4 Å². The van der Waals surface area contributed by atoms with Gasteiger partial charge in [0, 0.05) is 38.1 Å². The number of nitrogens with zero attached hydrogens (tertiary/aromatic N) is 1. The molecule has 2 aromatic rings. The Bertz CT molecular complexity index is 1180. The van der Waals surface area contributed by atoms with Gasteiger partial charge in [0.1, 0.15) is 29.7 Å². The largest absolute Gasteiger partial charge is 0.491 e. The number of hydrogen-bond acceptors (Lipinski definition) is 9. The quantitative estimate of drug-likeness (QED) is 0.315. The van der Waals surface area contributed by atoms with E-state index in [4.69, 9.17) is 35.3 Å². The van der Waals surface area contributed by atoms with Crippen LogP contribution in [0.2, 0.25) is 5.02 Å². The topological polar surface area (TPSA) is 134 Å². The van der Waals surface area contributed by atoms with E-state index in [0.29, 0.717) is 24.4 Å². The monoisotopic (exact) mass is 585 g/mol. The number of rotatable bonds is 14. The molecule has 1 aromatic carbocycles. The number of carbonyl (C=O) groups excluding carboxylic acids is 1. The summed E-state index contributed by atoms with van der Waals surface area (Å²) >= 11 is 5.94. The summed E-state index contributed by atoms with van der Waals surface area (Å²) in [6.07, 6.45) is -4.99. The highest BCUT2D eigenvalue weighted by Gasteiger charge is 2.32. The number of benzene rings is 1. The third-order valence-corrected chi connectivity index (χ3v) is 6.04. The average molecular weight is 586 g/mol. The highest BCUT2D eigenvalue weighted by Crippen LogP contribution is 2.36. The zero-order chi connectivity index (χ0) is 28.3. The van der Waals surface area contributed by atoms with Gasteiger partial charge in [0.05, 0.1) is 18.8 Å². The van der Waals surface area contributed by atoms with Gasteiger partial charge < -0.3 is 23.7 Å². The molecule has 38 heavy (non-hydrogen) atoms. The van der Waals surface area contributed by atoms with Crippen molar-refractivity contribution in [3.63, 3.8) is 0 Å². The first-order valence-corrected chi connectivity index (χ1v) is 12.9. The molecular weight excluding hydrogens is 559 g/mol. The summed E-state index contributed by atoms with van der Waals surface area (Å²) in [5.74, 6) is -0.0762. The maximum absolute atomic E-state index is 12.9. The zero-order valence-corrected chi connectivity index (χ0v) is 22.2. The molecule has 11 nitrogen and oxygen atoms in total. The molecule has 1 heterocycles. The highest BCUT2D eigenvalue weighted by molar-refractivity contribution is 7.88.